The Morgan fingerprint density at radius 1 is 1.14 bits per heavy atom. The zero-order chi connectivity index (χ0) is 19.9. The number of rotatable bonds is 2. The molecule has 152 valence electrons. The van der Waals surface area contributed by atoms with Gasteiger partial charge in [-0.15, -0.1) is 0 Å². The number of nitrogens with one attached hydrogen (secondary N) is 1. The largest absolute Gasteiger partial charge is 0.416 e. The highest BCUT2D eigenvalue weighted by Gasteiger charge is 2.47. The number of amides is 3. The van der Waals surface area contributed by atoms with Crippen molar-refractivity contribution in [3.63, 3.8) is 0 Å². The fourth-order valence-electron chi connectivity index (χ4n) is 4.87. The van der Waals surface area contributed by atoms with Crippen molar-refractivity contribution in [3.8, 4) is 0 Å². The number of piperazine rings is 1. The first-order chi connectivity index (χ1) is 13.3. The average molecular weight is 395 g/mol. The van der Waals surface area contributed by atoms with Gasteiger partial charge in [0.25, 0.3) is 0 Å². The lowest BCUT2D eigenvalue weighted by atomic mass is 9.68. The van der Waals surface area contributed by atoms with E-state index in [2.05, 4.69) is 5.32 Å². The third-order valence-electron chi connectivity index (χ3n) is 6.38. The average Bonchev–Trinajstić information content (AvgIpc) is 3.07. The van der Waals surface area contributed by atoms with Crippen LogP contribution in [0.2, 0.25) is 0 Å². The van der Waals surface area contributed by atoms with Crippen LogP contribution in [0.25, 0.3) is 0 Å². The standard InChI is InChI=1S/C20H24F3N3O2/c21-20(22,23)15-6-4-5-14(11-15)19(7-2-1-3-8-19)17(27)25-9-10-26-16(13-25)12-24-18(26)28/h4-6,11,16H,1-3,7-10,12-13H2,(H,24,28). The maximum atomic E-state index is 13.6. The zero-order valence-corrected chi connectivity index (χ0v) is 15.6. The predicted octanol–water partition coefficient (Wildman–Crippen LogP) is 3.14. The number of carbonyl (C=O) groups is 2. The summed E-state index contributed by atoms with van der Waals surface area (Å²) in [5, 5.41) is 2.79. The number of carbonyl (C=O) groups excluding carboxylic acids is 2. The van der Waals surface area contributed by atoms with Crippen LogP contribution in [0, 0.1) is 0 Å². The Kier molecular flexibility index (Phi) is 4.75. The van der Waals surface area contributed by atoms with Gasteiger partial charge in [0, 0.05) is 26.2 Å². The molecule has 2 saturated heterocycles. The molecule has 0 spiro atoms. The van der Waals surface area contributed by atoms with E-state index in [9.17, 15) is 22.8 Å². The second-order valence-corrected chi connectivity index (χ2v) is 8.01. The quantitative estimate of drug-likeness (QED) is 0.837. The fourth-order valence-corrected chi connectivity index (χ4v) is 4.87. The number of hydrogen-bond donors (Lipinski definition) is 1. The second-order valence-electron chi connectivity index (χ2n) is 8.01. The Morgan fingerprint density at radius 2 is 1.89 bits per heavy atom. The summed E-state index contributed by atoms with van der Waals surface area (Å²) in [6.07, 6.45) is -0.666. The van der Waals surface area contributed by atoms with Gasteiger partial charge in [0.1, 0.15) is 0 Å². The Labute approximate surface area is 161 Å². The van der Waals surface area contributed by atoms with Gasteiger partial charge in [-0.3, -0.25) is 4.79 Å². The molecule has 2 heterocycles. The lowest BCUT2D eigenvalue weighted by Gasteiger charge is -2.44. The van der Waals surface area contributed by atoms with Gasteiger partial charge in [0.15, 0.2) is 0 Å². The van der Waals surface area contributed by atoms with E-state index in [-0.39, 0.29) is 18.0 Å². The highest BCUT2D eigenvalue weighted by atomic mass is 19.4. The summed E-state index contributed by atoms with van der Waals surface area (Å²) in [6.45, 7) is 1.81. The van der Waals surface area contributed by atoms with E-state index in [0.717, 1.165) is 31.4 Å². The molecule has 1 N–H and O–H groups in total. The van der Waals surface area contributed by atoms with Gasteiger partial charge in [-0.05, 0) is 24.5 Å². The lowest BCUT2D eigenvalue weighted by molar-refractivity contribution is -0.142. The fraction of sp³-hybridized carbons (Fsp3) is 0.600. The molecule has 8 heteroatoms. The Morgan fingerprint density at radius 3 is 2.61 bits per heavy atom. The molecule has 28 heavy (non-hydrogen) atoms. The van der Waals surface area contributed by atoms with Crippen molar-refractivity contribution in [2.75, 3.05) is 26.2 Å². The number of urea groups is 1. The monoisotopic (exact) mass is 395 g/mol. The van der Waals surface area contributed by atoms with Gasteiger partial charge >= 0.3 is 12.2 Å². The molecule has 1 atom stereocenters. The first kappa shape index (κ1) is 19.1. The van der Waals surface area contributed by atoms with Crippen molar-refractivity contribution in [1.82, 2.24) is 15.1 Å². The number of benzene rings is 1. The predicted molar refractivity (Wildman–Crippen MR) is 96.7 cm³/mol. The molecule has 1 unspecified atom stereocenters. The summed E-state index contributed by atoms with van der Waals surface area (Å²) >= 11 is 0. The van der Waals surface area contributed by atoms with E-state index in [1.807, 2.05) is 0 Å². The van der Waals surface area contributed by atoms with E-state index in [0.29, 0.717) is 44.6 Å². The summed E-state index contributed by atoms with van der Waals surface area (Å²) in [5.41, 5.74) is -1.15. The summed E-state index contributed by atoms with van der Waals surface area (Å²) < 4.78 is 39.8. The van der Waals surface area contributed by atoms with Crippen LogP contribution in [0.4, 0.5) is 18.0 Å². The van der Waals surface area contributed by atoms with Gasteiger partial charge in [-0.1, -0.05) is 37.5 Å². The van der Waals surface area contributed by atoms with Crippen LogP contribution in [-0.2, 0) is 16.4 Å². The molecule has 3 aliphatic rings. The van der Waals surface area contributed by atoms with Crippen LogP contribution < -0.4 is 5.32 Å². The molecule has 3 fully saturated rings. The van der Waals surface area contributed by atoms with Crippen LogP contribution in [0.1, 0.15) is 43.2 Å². The molecular weight excluding hydrogens is 371 g/mol. The summed E-state index contributed by atoms with van der Waals surface area (Å²) in [6, 6.07) is 5.10. The molecule has 3 amide bonds. The zero-order valence-electron chi connectivity index (χ0n) is 15.6. The smallest absolute Gasteiger partial charge is 0.338 e. The highest BCUT2D eigenvalue weighted by Crippen LogP contribution is 2.43. The molecule has 5 nitrogen and oxygen atoms in total. The molecule has 0 bridgehead atoms. The maximum absolute atomic E-state index is 13.6. The molecule has 2 aliphatic heterocycles. The van der Waals surface area contributed by atoms with E-state index >= 15 is 0 Å². The number of alkyl halides is 3. The van der Waals surface area contributed by atoms with Gasteiger partial charge < -0.3 is 15.1 Å². The molecule has 0 aromatic heterocycles. The van der Waals surface area contributed by atoms with Crippen molar-refractivity contribution < 1.29 is 22.8 Å². The van der Waals surface area contributed by atoms with E-state index in [4.69, 9.17) is 0 Å². The van der Waals surface area contributed by atoms with Gasteiger partial charge in [-0.2, -0.15) is 13.2 Å². The topological polar surface area (TPSA) is 52.7 Å². The minimum atomic E-state index is -4.43. The van der Waals surface area contributed by atoms with E-state index in [1.165, 1.54) is 6.07 Å². The number of hydrogen-bond acceptors (Lipinski definition) is 2. The first-order valence-electron chi connectivity index (χ1n) is 9.83. The summed E-state index contributed by atoms with van der Waals surface area (Å²) in [5.74, 6) is -0.0921. The van der Waals surface area contributed by atoms with Crippen molar-refractivity contribution in [1.29, 1.82) is 0 Å². The molecule has 1 saturated carbocycles. The Bertz CT molecular complexity index is 774. The van der Waals surface area contributed by atoms with Crippen LogP contribution in [0.15, 0.2) is 24.3 Å². The Balaban J connectivity index is 1.64. The Hall–Kier alpha value is -2.25. The first-order valence-corrected chi connectivity index (χ1v) is 9.83. The van der Waals surface area contributed by atoms with Gasteiger partial charge in [0.05, 0.1) is 17.0 Å². The lowest BCUT2D eigenvalue weighted by Crippen LogP contribution is -2.58. The van der Waals surface area contributed by atoms with E-state index < -0.39 is 17.2 Å². The molecule has 1 aromatic rings. The third-order valence-corrected chi connectivity index (χ3v) is 6.38. The normalized spacial score (nSPS) is 24.7. The van der Waals surface area contributed by atoms with Crippen molar-refractivity contribution in [3.05, 3.63) is 35.4 Å². The number of nitrogens with zero attached hydrogens (tertiary/aromatic N) is 2. The van der Waals surface area contributed by atoms with Crippen molar-refractivity contribution in [2.24, 2.45) is 0 Å². The van der Waals surface area contributed by atoms with Crippen LogP contribution in [0.3, 0.4) is 0 Å². The molecule has 1 aliphatic carbocycles. The van der Waals surface area contributed by atoms with Crippen LogP contribution >= 0.6 is 0 Å². The molecule has 4 rings (SSSR count). The third kappa shape index (κ3) is 3.22. The van der Waals surface area contributed by atoms with Crippen LogP contribution in [0.5, 0.6) is 0 Å². The minimum Gasteiger partial charge on any atom is -0.338 e. The number of fused-ring (bicyclic) bond motifs is 1. The minimum absolute atomic E-state index is 0.0626. The second kappa shape index (κ2) is 6.97. The van der Waals surface area contributed by atoms with Gasteiger partial charge in [0.2, 0.25) is 5.91 Å². The van der Waals surface area contributed by atoms with Crippen molar-refractivity contribution in [2.45, 2.75) is 49.7 Å². The SMILES string of the molecule is O=C1NCC2CN(C(=O)C3(c4cccc(C(F)(F)F)c4)CCCCC3)CCN12. The van der Waals surface area contributed by atoms with Crippen LogP contribution in [-0.4, -0.2) is 54.0 Å². The molecular formula is C20H24F3N3O2. The molecule has 1 aromatic carbocycles. The summed E-state index contributed by atoms with van der Waals surface area (Å²) in [4.78, 5) is 28.9. The molecule has 0 radical (unpaired) electrons. The van der Waals surface area contributed by atoms with Gasteiger partial charge in [-0.25, -0.2) is 4.79 Å². The summed E-state index contributed by atoms with van der Waals surface area (Å²) in [7, 11) is 0. The highest BCUT2D eigenvalue weighted by molar-refractivity contribution is 5.89. The van der Waals surface area contributed by atoms with Crippen molar-refractivity contribution >= 4 is 11.9 Å². The van der Waals surface area contributed by atoms with E-state index in [1.54, 1.807) is 15.9 Å². The maximum Gasteiger partial charge on any atom is 0.416 e. The number of halogens is 3.